The number of aryl methyl sites for hydroxylation is 1. The van der Waals surface area contributed by atoms with E-state index in [1.54, 1.807) is 19.5 Å². The van der Waals surface area contributed by atoms with Crippen molar-refractivity contribution in [3.63, 3.8) is 0 Å². The standard InChI is InChI=1S/C9H14N2O/c1-8(12-2)4-5-9-10-6-3-7-11-9/h3,6-8H,4-5H2,1-2H3. The average Bonchev–Trinajstić information content (AvgIpc) is 2.16. The number of hydrogen-bond acceptors (Lipinski definition) is 3. The van der Waals surface area contributed by atoms with Gasteiger partial charge in [-0.15, -0.1) is 0 Å². The van der Waals surface area contributed by atoms with Gasteiger partial charge in [-0.3, -0.25) is 0 Å². The van der Waals surface area contributed by atoms with Crippen LogP contribution in [0, 0.1) is 0 Å². The minimum atomic E-state index is 0.286. The Morgan fingerprint density at radius 1 is 1.42 bits per heavy atom. The monoisotopic (exact) mass is 166 g/mol. The fourth-order valence-corrected chi connectivity index (χ4v) is 0.909. The highest BCUT2D eigenvalue weighted by molar-refractivity contribution is 4.88. The zero-order valence-electron chi connectivity index (χ0n) is 7.53. The summed E-state index contributed by atoms with van der Waals surface area (Å²) in [7, 11) is 1.72. The van der Waals surface area contributed by atoms with Crippen LogP contribution in [0.5, 0.6) is 0 Å². The van der Waals surface area contributed by atoms with Gasteiger partial charge in [0, 0.05) is 25.9 Å². The Morgan fingerprint density at radius 2 is 2.08 bits per heavy atom. The lowest BCUT2D eigenvalue weighted by Crippen LogP contribution is -2.07. The van der Waals surface area contributed by atoms with E-state index in [2.05, 4.69) is 9.97 Å². The van der Waals surface area contributed by atoms with Gasteiger partial charge in [0.1, 0.15) is 5.82 Å². The molecule has 0 aliphatic rings. The minimum Gasteiger partial charge on any atom is -0.382 e. The second-order valence-electron chi connectivity index (χ2n) is 2.75. The van der Waals surface area contributed by atoms with Gasteiger partial charge >= 0.3 is 0 Å². The van der Waals surface area contributed by atoms with Crippen LogP contribution in [0.4, 0.5) is 0 Å². The molecule has 1 atom stereocenters. The highest BCUT2D eigenvalue weighted by atomic mass is 16.5. The minimum absolute atomic E-state index is 0.286. The first-order chi connectivity index (χ1) is 5.83. The van der Waals surface area contributed by atoms with E-state index in [9.17, 15) is 0 Å². The Hall–Kier alpha value is -0.960. The summed E-state index contributed by atoms with van der Waals surface area (Å²) in [5, 5.41) is 0. The Bertz CT molecular complexity index is 213. The number of ether oxygens (including phenoxy) is 1. The smallest absolute Gasteiger partial charge is 0.128 e. The van der Waals surface area contributed by atoms with Crippen LogP contribution in [-0.4, -0.2) is 23.2 Å². The van der Waals surface area contributed by atoms with Crippen molar-refractivity contribution in [1.82, 2.24) is 9.97 Å². The van der Waals surface area contributed by atoms with Crippen LogP contribution >= 0.6 is 0 Å². The third kappa shape index (κ3) is 2.96. The molecule has 0 bridgehead atoms. The largest absolute Gasteiger partial charge is 0.382 e. The molecule has 1 heterocycles. The van der Waals surface area contributed by atoms with Crippen LogP contribution in [0.1, 0.15) is 19.2 Å². The maximum Gasteiger partial charge on any atom is 0.128 e. The molecule has 0 saturated carbocycles. The maximum atomic E-state index is 5.12. The van der Waals surface area contributed by atoms with Crippen molar-refractivity contribution in [3.05, 3.63) is 24.3 Å². The zero-order valence-corrected chi connectivity index (χ0v) is 7.53. The van der Waals surface area contributed by atoms with E-state index in [0.717, 1.165) is 18.7 Å². The maximum absolute atomic E-state index is 5.12. The van der Waals surface area contributed by atoms with Gasteiger partial charge in [-0.05, 0) is 19.4 Å². The van der Waals surface area contributed by atoms with Gasteiger partial charge in [0.15, 0.2) is 0 Å². The van der Waals surface area contributed by atoms with Gasteiger partial charge in [0.25, 0.3) is 0 Å². The van der Waals surface area contributed by atoms with Crippen LogP contribution < -0.4 is 0 Å². The quantitative estimate of drug-likeness (QED) is 0.679. The Labute approximate surface area is 72.8 Å². The first kappa shape index (κ1) is 9.13. The summed E-state index contributed by atoms with van der Waals surface area (Å²) in [5.41, 5.74) is 0. The molecule has 0 fully saturated rings. The second kappa shape index (κ2) is 4.83. The molecule has 1 aromatic heterocycles. The van der Waals surface area contributed by atoms with E-state index >= 15 is 0 Å². The van der Waals surface area contributed by atoms with Gasteiger partial charge in [-0.1, -0.05) is 0 Å². The lowest BCUT2D eigenvalue weighted by atomic mass is 10.2. The summed E-state index contributed by atoms with van der Waals surface area (Å²) in [6.07, 6.45) is 5.67. The van der Waals surface area contributed by atoms with Crippen molar-refractivity contribution in [2.75, 3.05) is 7.11 Å². The molecular formula is C9H14N2O. The van der Waals surface area contributed by atoms with Gasteiger partial charge in [-0.2, -0.15) is 0 Å². The molecule has 3 heteroatoms. The van der Waals surface area contributed by atoms with Crippen molar-refractivity contribution >= 4 is 0 Å². The van der Waals surface area contributed by atoms with Crippen LogP contribution in [0.25, 0.3) is 0 Å². The van der Waals surface area contributed by atoms with Gasteiger partial charge in [0.2, 0.25) is 0 Å². The first-order valence-corrected chi connectivity index (χ1v) is 4.11. The molecule has 0 amide bonds. The zero-order chi connectivity index (χ0) is 8.81. The van der Waals surface area contributed by atoms with Crippen molar-refractivity contribution in [3.8, 4) is 0 Å². The van der Waals surface area contributed by atoms with E-state index in [-0.39, 0.29) is 6.10 Å². The SMILES string of the molecule is COC(C)CCc1ncccn1. The van der Waals surface area contributed by atoms with E-state index in [1.165, 1.54) is 0 Å². The average molecular weight is 166 g/mol. The number of rotatable bonds is 4. The summed E-state index contributed by atoms with van der Waals surface area (Å²) in [6.45, 7) is 2.04. The molecule has 0 saturated heterocycles. The number of aromatic nitrogens is 2. The molecule has 1 rings (SSSR count). The third-order valence-electron chi connectivity index (χ3n) is 1.80. The van der Waals surface area contributed by atoms with Crippen LogP contribution in [-0.2, 0) is 11.2 Å². The predicted molar refractivity (Wildman–Crippen MR) is 46.8 cm³/mol. The Morgan fingerprint density at radius 3 is 2.67 bits per heavy atom. The van der Waals surface area contributed by atoms with Gasteiger partial charge < -0.3 is 4.74 Å². The van der Waals surface area contributed by atoms with Gasteiger partial charge in [-0.25, -0.2) is 9.97 Å². The van der Waals surface area contributed by atoms with E-state index in [4.69, 9.17) is 4.74 Å². The summed E-state index contributed by atoms with van der Waals surface area (Å²) >= 11 is 0. The van der Waals surface area contributed by atoms with Crippen LogP contribution in [0.15, 0.2) is 18.5 Å². The summed E-state index contributed by atoms with van der Waals surface area (Å²) in [4.78, 5) is 8.24. The molecule has 0 spiro atoms. The number of hydrogen-bond donors (Lipinski definition) is 0. The van der Waals surface area contributed by atoms with Crippen molar-refractivity contribution < 1.29 is 4.74 Å². The third-order valence-corrected chi connectivity index (χ3v) is 1.80. The molecule has 0 aliphatic heterocycles. The highest BCUT2D eigenvalue weighted by Gasteiger charge is 2.00. The van der Waals surface area contributed by atoms with E-state index < -0.39 is 0 Å². The molecule has 0 aliphatic carbocycles. The van der Waals surface area contributed by atoms with Gasteiger partial charge in [0.05, 0.1) is 6.10 Å². The highest BCUT2D eigenvalue weighted by Crippen LogP contribution is 2.00. The van der Waals surface area contributed by atoms with Crippen LogP contribution in [0.2, 0.25) is 0 Å². The fraction of sp³-hybridized carbons (Fsp3) is 0.556. The van der Waals surface area contributed by atoms with E-state index in [0.29, 0.717) is 0 Å². The lowest BCUT2D eigenvalue weighted by molar-refractivity contribution is 0.111. The van der Waals surface area contributed by atoms with E-state index in [1.807, 2.05) is 13.0 Å². The molecule has 1 unspecified atom stereocenters. The number of methoxy groups -OCH3 is 1. The molecule has 12 heavy (non-hydrogen) atoms. The topological polar surface area (TPSA) is 35.0 Å². The Kier molecular flexibility index (Phi) is 3.67. The molecule has 66 valence electrons. The molecule has 3 nitrogen and oxygen atoms in total. The lowest BCUT2D eigenvalue weighted by Gasteiger charge is -2.07. The summed E-state index contributed by atoms with van der Waals surface area (Å²) in [6, 6.07) is 1.82. The molecule has 0 aromatic carbocycles. The molecule has 0 N–H and O–H groups in total. The second-order valence-corrected chi connectivity index (χ2v) is 2.75. The van der Waals surface area contributed by atoms with Crippen LogP contribution in [0.3, 0.4) is 0 Å². The summed E-state index contributed by atoms with van der Waals surface area (Å²) in [5.74, 6) is 0.890. The molecule has 0 radical (unpaired) electrons. The normalized spacial score (nSPS) is 12.8. The predicted octanol–water partition coefficient (Wildman–Crippen LogP) is 1.44. The first-order valence-electron chi connectivity index (χ1n) is 4.11. The summed E-state index contributed by atoms with van der Waals surface area (Å²) < 4.78 is 5.12. The molecular weight excluding hydrogens is 152 g/mol. The fourth-order valence-electron chi connectivity index (χ4n) is 0.909. The molecule has 1 aromatic rings. The Balaban J connectivity index is 2.33. The van der Waals surface area contributed by atoms with Crippen molar-refractivity contribution in [1.29, 1.82) is 0 Å². The van der Waals surface area contributed by atoms with Crippen molar-refractivity contribution in [2.45, 2.75) is 25.9 Å². The number of nitrogens with zero attached hydrogens (tertiary/aromatic N) is 2. The van der Waals surface area contributed by atoms with Crippen molar-refractivity contribution in [2.24, 2.45) is 0 Å².